The maximum absolute atomic E-state index is 2.61. The molecule has 0 nitrogen and oxygen atoms in total. The van der Waals surface area contributed by atoms with Crippen LogP contribution in [-0.2, 0) is 5.41 Å². The van der Waals surface area contributed by atoms with Crippen LogP contribution in [-0.4, -0.2) is 0 Å². The Bertz CT molecular complexity index is 557. The lowest BCUT2D eigenvalue weighted by Crippen LogP contribution is -2.20. The Hall–Kier alpha value is -0.780. The number of hydrogen-bond acceptors (Lipinski definition) is 0. The molecule has 0 fully saturated rings. The lowest BCUT2D eigenvalue weighted by atomic mass is 9.74. The normalized spacial score (nSPS) is 37.3. The van der Waals surface area contributed by atoms with Crippen molar-refractivity contribution in [3.05, 3.63) is 33.9 Å². The third-order valence-electron chi connectivity index (χ3n) is 7.27. The lowest BCUT2D eigenvalue weighted by molar-refractivity contribution is 0.449. The maximum atomic E-state index is 2.61. The molecule has 22 heavy (non-hydrogen) atoms. The van der Waals surface area contributed by atoms with Crippen molar-refractivity contribution in [2.45, 2.75) is 91.4 Å². The van der Waals surface area contributed by atoms with E-state index in [9.17, 15) is 0 Å². The molecular weight excluding hydrogens is 264 g/mol. The second kappa shape index (κ2) is 4.86. The van der Waals surface area contributed by atoms with Gasteiger partial charge in [0.05, 0.1) is 0 Å². The molecule has 6 atom stereocenters. The van der Waals surface area contributed by atoms with Crippen LogP contribution in [0.4, 0.5) is 0 Å². The highest BCUT2D eigenvalue weighted by molar-refractivity contribution is 5.58. The zero-order chi connectivity index (χ0) is 16.6. The molecule has 122 valence electrons. The molecular formula is C22H34. The van der Waals surface area contributed by atoms with E-state index >= 15 is 0 Å². The van der Waals surface area contributed by atoms with Crippen molar-refractivity contribution in [2.24, 2.45) is 11.8 Å². The molecule has 0 saturated carbocycles. The predicted octanol–water partition coefficient (Wildman–Crippen LogP) is 6.70. The minimum absolute atomic E-state index is 0.242. The fraction of sp³-hybridized carbons (Fsp3) is 0.727. The van der Waals surface area contributed by atoms with Crippen molar-refractivity contribution in [1.29, 1.82) is 0 Å². The molecule has 3 rings (SSSR count). The van der Waals surface area contributed by atoms with E-state index in [1.54, 1.807) is 27.8 Å². The second-order valence-corrected chi connectivity index (χ2v) is 9.38. The third kappa shape index (κ3) is 1.95. The molecule has 6 unspecified atom stereocenters. The molecule has 2 aliphatic carbocycles. The number of benzene rings is 1. The van der Waals surface area contributed by atoms with Gasteiger partial charge in [-0.3, -0.25) is 0 Å². The average molecular weight is 299 g/mol. The molecule has 1 aromatic rings. The summed E-state index contributed by atoms with van der Waals surface area (Å²) in [5, 5.41) is 0. The molecule has 0 heteroatoms. The lowest BCUT2D eigenvalue weighted by Gasteiger charge is -2.30. The van der Waals surface area contributed by atoms with Crippen LogP contribution in [0, 0.1) is 11.8 Å². The first-order valence-electron chi connectivity index (χ1n) is 9.28. The molecule has 0 aromatic heterocycles. The molecule has 0 heterocycles. The van der Waals surface area contributed by atoms with Crippen LogP contribution in [0.2, 0.25) is 0 Å². The summed E-state index contributed by atoms with van der Waals surface area (Å²) in [6.07, 6.45) is 0. The Morgan fingerprint density at radius 3 is 1.32 bits per heavy atom. The molecule has 0 radical (unpaired) electrons. The second-order valence-electron chi connectivity index (χ2n) is 9.38. The molecule has 0 amide bonds. The molecule has 0 aliphatic heterocycles. The first-order chi connectivity index (χ1) is 10.1. The zero-order valence-electron chi connectivity index (χ0n) is 16.0. The van der Waals surface area contributed by atoms with Crippen molar-refractivity contribution >= 4 is 0 Å². The number of rotatable bonds is 0. The van der Waals surface area contributed by atoms with Gasteiger partial charge in [-0.05, 0) is 68.7 Å². The van der Waals surface area contributed by atoms with Gasteiger partial charge in [0, 0.05) is 0 Å². The van der Waals surface area contributed by atoms with E-state index in [1.165, 1.54) is 0 Å². The van der Waals surface area contributed by atoms with Crippen LogP contribution >= 0.6 is 0 Å². The van der Waals surface area contributed by atoms with Gasteiger partial charge in [0.25, 0.3) is 0 Å². The van der Waals surface area contributed by atoms with Gasteiger partial charge in [-0.15, -0.1) is 0 Å². The Kier molecular flexibility index (Phi) is 3.55. The molecule has 0 saturated heterocycles. The summed E-state index contributed by atoms with van der Waals surface area (Å²) in [7, 11) is 0. The van der Waals surface area contributed by atoms with Gasteiger partial charge >= 0.3 is 0 Å². The van der Waals surface area contributed by atoms with Crippen molar-refractivity contribution in [3.63, 3.8) is 0 Å². The Labute approximate surface area is 137 Å². The average Bonchev–Trinajstić information content (AvgIpc) is 2.78. The summed E-state index contributed by atoms with van der Waals surface area (Å²) in [6.45, 7) is 22.0. The summed E-state index contributed by atoms with van der Waals surface area (Å²) < 4.78 is 0. The highest BCUT2D eigenvalue weighted by Crippen LogP contribution is 2.57. The van der Waals surface area contributed by atoms with Crippen molar-refractivity contribution in [1.82, 2.24) is 0 Å². The number of fused-ring (bicyclic) bond motifs is 2. The monoisotopic (exact) mass is 298 g/mol. The first-order valence-corrected chi connectivity index (χ1v) is 9.28. The van der Waals surface area contributed by atoms with Gasteiger partial charge in [-0.25, -0.2) is 0 Å². The Balaban J connectivity index is 2.38. The molecule has 0 N–H and O–H groups in total. The van der Waals surface area contributed by atoms with E-state index in [0.29, 0.717) is 23.7 Å². The standard InChI is InChI=1S/C22H34/c1-11-13(3)17-10-18-14(4)12(2)16(6)20(18)21(22(7,8)9)19(17)15(11)5/h10-16H,1-9H3. The van der Waals surface area contributed by atoms with E-state index in [4.69, 9.17) is 0 Å². The van der Waals surface area contributed by atoms with Gasteiger partial charge in [-0.1, -0.05) is 68.4 Å². The zero-order valence-corrected chi connectivity index (χ0v) is 16.0. The molecule has 0 bridgehead atoms. The summed E-state index contributed by atoms with van der Waals surface area (Å²) in [4.78, 5) is 0. The molecule has 0 spiro atoms. The summed E-state index contributed by atoms with van der Waals surface area (Å²) in [5.41, 5.74) is 8.69. The quantitative estimate of drug-likeness (QED) is 0.500. The van der Waals surface area contributed by atoms with Crippen molar-refractivity contribution < 1.29 is 0 Å². The van der Waals surface area contributed by atoms with Crippen LogP contribution < -0.4 is 0 Å². The van der Waals surface area contributed by atoms with Gasteiger partial charge in [0.1, 0.15) is 0 Å². The van der Waals surface area contributed by atoms with Gasteiger partial charge in [-0.2, -0.15) is 0 Å². The fourth-order valence-corrected chi connectivity index (χ4v) is 5.26. The van der Waals surface area contributed by atoms with Crippen molar-refractivity contribution in [3.8, 4) is 0 Å². The van der Waals surface area contributed by atoms with E-state index in [2.05, 4.69) is 68.4 Å². The fourth-order valence-electron chi connectivity index (χ4n) is 5.26. The minimum Gasteiger partial charge on any atom is -0.0614 e. The van der Waals surface area contributed by atoms with Crippen LogP contribution in [0.15, 0.2) is 6.07 Å². The Morgan fingerprint density at radius 2 is 1.00 bits per heavy atom. The highest BCUT2D eigenvalue weighted by Gasteiger charge is 2.43. The largest absolute Gasteiger partial charge is 0.0614 e. The smallest absolute Gasteiger partial charge is 0.0126 e. The number of hydrogen-bond donors (Lipinski definition) is 0. The SMILES string of the molecule is CC1c2cc3c(c(C(C)(C)C)c2C(C)C1C)C(C)C(C)C3C. The van der Waals surface area contributed by atoms with Crippen LogP contribution in [0.25, 0.3) is 0 Å². The summed E-state index contributed by atoms with van der Waals surface area (Å²) in [6, 6.07) is 2.61. The van der Waals surface area contributed by atoms with Crippen LogP contribution in [0.1, 0.15) is 114 Å². The van der Waals surface area contributed by atoms with E-state index in [-0.39, 0.29) is 5.41 Å². The molecule has 2 aliphatic rings. The van der Waals surface area contributed by atoms with E-state index < -0.39 is 0 Å². The van der Waals surface area contributed by atoms with E-state index in [0.717, 1.165) is 11.8 Å². The molecule has 1 aromatic carbocycles. The maximum Gasteiger partial charge on any atom is -0.0126 e. The van der Waals surface area contributed by atoms with E-state index in [1.807, 2.05) is 0 Å². The predicted molar refractivity (Wildman–Crippen MR) is 97.1 cm³/mol. The first kappa shape index (κ1) is 16.1. The van der Waals surface area contributed by atoms with Crippen LogP contribution in [0.3, 0.4) is 0 Å². The highest BCUT2D eigenvalue weighted by atomic mass is 14.5. The third-order valence-corrected chi connectivity index (χ3v) is 7.27. The van der Waals surface area contributed by atoms with Crippen LogP contribution in [0.5, 0.6) is 0 Å². The van der Waals surface area contributed by atoms with Gasteiger partial charge in [0.15, 0.2) is 0 Å². The summed E-state index contributed by atoms with van der Waals surface area (Å²) in [5.74, 6) is 4.33. The van der Waals surface area contributed by atoms with Gasteiger partial charge in [0.2, 0.25) is 0 Å². The van der Waals surface area contributed by atoms with Gasteiger partial charge < -0.3 is 0 Å². The topological polar surface area (TPSA) is 0 Å². The minimum atomic E-state index is 0.242. The Morgan fingerprint density at radius 1 is 0.636 bits per heavy atom. The summed E-state index contributed by atoms with van der Waals surface area (Å²) >= 11 is 0. The van der Waals surface area contributed by atoms with Crippen molar-refractivity contribution in [2.75, 3.05) is 0 Å².